The first kappa shape index (κ1) is 24.9. The minimum Gasteiger partial charge on any atom is -0.356 e. The van der Waals surface area contributed by atoms with Crippen molar-refractivity contribution in [3.8, 4) is 0 Å². The van der Waals surface area contributed by atoms with Crippen molar-refractivity contribution in [3.05, 3.63) is 28.8 Å². The zero-order valence-electron chi connectivity index (χ0n) is 18.5. The molecule has 6 heteroatoms. The van der Waals surface area contributed by atoms with Crippen molar-refractivity contribution in [1.82, 2.24) is 10.3 Å². The van der Waals surface area contributed by atoms with Crippen molar-refractivity contribution < 1.29 is 9.59 Å². The third-order valence-corrected chi connectivity index (χ3v) is 7.08. The molecule has 1 saturated carbocycles. The van der Waals surface area contributed by atoms with Gasteiger partial charge in [-0.2, -0.15) is 13.5 Å². The number of benzene rings is 1. The minimum atomic E-state index is 0. The van der Waals surface area contributed by atoms with Gasteiger partial charge in [0.15, 0.2) is 0 Å². The monoisotopic (exact) mass is 448 g/mol. The summed E-state index contributed by atoms with van der Waals surface area (Å²) in [6.45, 7) is 6.87. The Morgan fingerprint density at radius 1 is 1.20 bits per heavy atom. The molecular formula is C24H36N2O2S2. The van der Waals surface area contributed by atoms with E-state index in [9.17, 15) is 9.59 Å². The van der Waals surface area contributed by atoms with Crippen LogP contribution in [0, 0.1) is 11.8 Å². The predicted octanol–water partition coefficient (Wildman–Crippen LogP) is 5.76. The molecule has 1 N–H and O–H groups in total. The van der Waals surface area contributed by atoms with Crippen molar-refractivity contribution in [3.63, 3.8) is 0 Å². The van der Waals surface area contributed by atoms with Crippen LogP contribution in [0.5, 0.6) is 0 Å². The summed E-state index contributed by atoms with van der Waals surface area (Å²) in [7, 11) is 0. The van der Waals surface area contributed by atoms with Gasteiger partial charge in [0.1, 0.15) is 5.78 Å². The van der Waals surface area contributed by atoms with Crippen LogP contribution >= 0.6 is 24.8 Å². The molecule has 2 aromatic rings. The Kier molecular flexibility index (Phi) is 9.82. The number of thiazole rings is 1. The van der Waals surface area contributed by atoms with E-state index in [4.69, 9.17) is 4.98 Å². The van der Waals surface area contributed by atoms with E-state index in [0.29, 0.717) is 25.3 Å². The van der Waals surface area contributed by atoms with Crippen LogP contribution in [0.15, 0.2) is 18.2 Å². The quantitative estimate of drug-likeness (QED) is 0.531. The molecule has 0 saturated heterocycles. The lowest BCUT2D eigenvalue weighted by molar-refractivity contribution is -0.126. The van der Waals surface area contributed by atoms with E-state index in [-0.39, 0.29) is 37.0 Å². The third kappa shape index (κ3) is 6.81. The zero-order valence-corrected chi connectivity index (χ0v) is 20.3. The van der Waals surface area contributed by atoms with Gasteiger partial charge in [0.2, 0.25) is 5.91 Å². The van der Waals surface area contributed by atoms with E-state index in [1.54, 1.807) is 11.3 Å². The van der Waals surface area contributed by atoms with Crippen molar-refractivity contribution in [1.29, 1.82) is 0 Å². The average Bonchev–Trinajstić information content (AvgIpc) is 3.13. The third-order valence-electron chi connectivity index (χ3n) is 6.04. The highest BCUT2D eigenvalue weighted by atomic mass is 32.1. The SMILES string of the molecule is CCC(=O)C[C@H](CNC(=O)C1CCCCC1)Cc1nc2ccc(C(C)C)cc2s1.S. The van der Waals surface area contributed by atoms with Crippen LogP contribution in [0.3, 0.4) is 0 Å². The van der Waals surface area contributed by atoms with Crippen LogP contribution in [0.25, 0.3) is 10.2 Å². The van der Waals surface area contributed by atoms with Crippen LogP contribution in [0.1, 0.15) is 82.2 Å². The smallest absolute Gasteiger partial charge is 0.223 e. The first-order valence-electron chi connectivity index (χ1n) is 11.1. The summed E-state index contributed by atoms with van der Waals surface area (Å²) < 4.78 is 1.21. The summed E-state index contributed by atoms with van der Waals surface area (Å²) in [6, 6.07) is 6.49. The number of nitrogens with one attached hydrogen (secondary N) is 1. The Labute approximate surface area is 191 Å². The van der Waals surface area contributed by atoms with Crippen LogP contribution < -0.4 is 5.32 Å². The maximum absolute atomic E-state index is 12.5. The maximum Gasteiger partial charge on any atom is 0.223 e. The molecule has 1 aromatic heterocycles. The number of amides is 1. The molecule has 0 aliphatic heterocycles. The fourth-order valence-electron chi connectivity index (χ4n) is 4.12. The van der Waals surface area contributed by atoms with Crippen LogP contribution in [0.2, 0.25) is 0 Å². The Morgan fingerprint density at radius 2 is 1.93 bits per heavy atom. The Morgan fingerprint density at radius 3 is 2.60 bits per heavy atom. The summed E-state index contributed by atoms with van der Waals surface area (Å²) in [5.41, 5.74) is 2.35. The van der Waals surface area contributed by atoms with Gasteiger partial charge in [0.05, 0.1) is 15.2 Å². The normalized spacial score (nSPS) is 15.7. The van der Waals surface area contributed by atoms with Crippen molar-refractivity contribution in [2.24, 2.45) is 11.8 Å². The number of Topliss-reactive ketones (excluding diaryl/α,β-unsaturated/α-hetero) is 1. The molecule has 166 valence electrons. The first-order chi connectivity index (χ1) is 14.0. The van der Waals surface area contributed by atoms with E-state index >= 15 is 0 Å². The van der Waals surface area contributed by atoms with Gasteiger partial charge in [0.25, 0.3) is 0 Å². The summed E-state index contributed by atoms with van der Waals surface area (Å²) in [6.07, 6.45) is 7.35. The van der Waals surface area contributed by atoms with Gasteiger partial charge < -0.3 is 5.32 Å². The number of fused-ring (bicyclic) bond motifs is 1. The van der Waals surface area contributed by atoms with Gasteiger partial charge in [0, 0.05) is 31.7 Å². The standard InChI is InChI=1S/C24H34N2O2S.H2S/c1-4-20(27)12-17(15-25-24(28)18-8-6-5-7-9-18)13-23-26-21-11-10-19(16(2)3)14-22(21)29-23;/h10-11,14,16-18H,4-9,12-13,15H2,1-3H3,(H,25,28);1H2/t17-;/m0./s1. The van der Waals surface area contributed by atoms with E-state index in [1.807, 2.05) is 6.92 Å². The molecule has 1 aromatic carbocycles. The minimum absolute atomic E-state index is 0. The lowest BCUT2D eigenvalue weighted by Gasteiger charge is -2.22. The van der Waals surface area contributed by atoms with Crippen molar-refractivity contribution in [2.75, 3.05) is 6.54 Å². The van der Waals surface area contributed by atoms with Crippen LogP contribution in [-0.4, -0.2) is 23.2 Å². The topological polar surface area (TPSA) is 59.1 Å². The summed E-state index contributed by atoms with van der Waals surface area (Å²) in [5.74, 6) is 1.19. The lowest BCUT2D eigenvalue weighted by Crippen LogP contribution is -2.36. The number of hydrogen-bond donors (Lipinski definition) is 1. The number of carbonyl (C=O) groups is 2. The van der Waals surface area contributed by atoms with Gasteiger partial charge in [-0.05, 0) is 42.4 Å². The molecule has 1 atom stereocenters. The summed E-state index contributed by atoms with van der Waals surface area (Å²) in [4.78, 5) is 29.5. The average molecular weight is 449 g/mol. The van der Waals surface area contributed by atoms with E-state index in [2.05, 4.69) is 37.4 Å². The highest BCUT2D eigenvalue weighted by molar-refractivity contribution is 7.59. The molecule has 3 rings (SSSR count). The zero-order chi connectivity index (χ0) is 20.8. The highest BCUT2D eigenvalue weighted by Crippen LogP contribution is 2.28. The number of nitrogens with zero attached hydrogens (tertiary/aromatic N) is 1. The summed E-state index contributed by atoms with van der Waals surface area (Å²) in [5, 5.41) is 4.20. The molecule has 1 amide bonds. The number of carbonyl (C=O) groups excluding carboxylic acids is 2. The second kappa shape index (κ2) is 11.8. The summed E-state index contributed by atoms with van der Waals surface area (Å²) >= 11 is 1.72. The molecule has 0 spiro atoms. The molecule has 1 fully saturated rings. The lowest BCUT2D eigenvalue weighted by atomic mass is 9.88. The molecule has 4 nitrogen and oxygen atoms in total. The molecule has 1 heterocycles. The molecule has 0 bridgehead atoms. The first-order valence-corrected chi connectivity index (χ1v) is 12.0. The largest absolute Gasteiger partial charge is 0.356 e. The number of rotatable bonds is 9. The van der Waals surface area contributed by atoms with Gasteiger partial charge in [-0.15, -0.1) is 11.3 Å². The molecule has 1 aliphatic rings. The fraction of sp³-hybridized carbons (Fsp3) is 0.625. The van der Waals surface area contributed by atoms with Crippen LogP contribution in [0.4, 0.5) is 0 Å². The maximum atomic E-state index is 12.5. The molecule has 0 radical (unpaired) electrons. The Balaban J connectivity index is 0.00000320. The molecular weight excluding hydrogens is 412 g/mol. The second-order valence-corrected chi connectivity index (χ2v) is 9.85. The van der Waals surface area contributed by atoms with E-state index in [0.717, 1.165) is 42.6 Å². The number of aromatic nitrogens is 1. The number of hydrogen-bond acceptors (Lipinski definition) is 4. The second-order valence-electron chi connectivity index (χ2n) is 8.74. The highest BCUT2D eigenvalue weighted by Gasteiger charge is 2.23. The van der Waals surface area contributed by atoms with Gasteiger partial charge in [-0.3, -0.25) is 9.59 Å². The van der Waals surface area contributed by atoms with Crippen molar-refractivity contribution >= 4 is 46.7 Å². The van der Waals surface area contributed by atoms with E-state index in [1.165, 1.54) is 16.7 Å². The van der Waals surface area contributed by atoms with Crippen LogP contribution in [-0.2, 0) is 16.0 Å². The van der Waals surface area contributed by atoms with E-state index < -0.39 is 0 Å². The molecule has 0 unspecified atom stereocenters. The van der Waals surface area contributed by atoms with Gasteiger partial charge in [-0.25, -0.2) is 4.98 Å². The van der Waals surface area contributed by atoms with Crippen molar-refractivity contribution in [2.45, 2.75) is 78.1 Å². The Hall–Kier alpha value is -1.40. The Bertz CT molecular complexity index is 841. The van der Waals surface area contributed by atoms with Gasteiger partial charge in [-0.1, -0.05) is 46.1 Å². The number of ketones is 1. The molecule has 30 heavy (non-hydrogen) atoms. The predicted molar refractivity (Wildman–Crippen MR) is 131 cm³/mol. The fourth-order valence-corrected chi connectivity index (χ4v) is 5.25. The van der Waals surface area contributed by atoms with Gasteiger partial charge >= 0.3 is 0 Å². The molecule has 1 aliphatic carbocycles.